The Kier molecular flexibility index (Phi) is 4.03. The molecule has 1 fully saturated rings. The van der Waals surface area contributed by atoms with Gasteiger partial charge in [0.15, 0.2) is 5.69 Å². The van der Waals surface area contributed by atoms with Gasteiger partial charge in [-0.2, -0.15) is 5.10 Å². The van der Waals surface area contributed by atoms with Crippen molar-refractivity contribution in [3.63, 3.8) is 0 Å². The Hall–Kier alpha value is -2.67. The number of esters is 1. The molecule has 0 spiro atoms. The summed E-state index contributed by atoms with van der Waals surface area (Å²) in [7, 11) is 0. The summed E-state index contributed by atoms with van der Waals surface area (Å²) >= 11 is 5.71. The van der Waals surface area contributed by atoms with E-state index in [0.29, 0.717) is 22.3 Å². The second-order valence-electron chi connectivity index (χ2n) is 6.18. The molecule has 0 aliphatic heterocycles. The molecule has 0 amide bonds. The number of benzene rings is 1. The van der Waals surface area contributed by atoms with E-state index in [2.05, 4.69) is 10.1 Å². The van der Waals surface area contributed by atoms with Crippen LogP contribution in [0.25, 0.3) is 16.8 Å². The topological polar surface area (TPSA) is 76.5 Å². The fourth-order valence-electron chi connectivity index (χ4n) is 3.02. The highest BCUT2D eigenvalue weighted by atomic mass is 35.5. The number of aromatic nitrogens is 3. The number of halogens is 2. The van der Waals surface area contributed by atoms with Gasteiger partial charge < -0.3 is 9.72 Å². The van der Waals surface area contributed by atoms with E-state index < -0.39 is 11.8 Å². The van der Waals surface area contributed by atoms with E-state index in [0.717, 1.165) is 12.8 Å². The molecule has 1 aliphatic carbocycles. The minimum Gasteiger partial charge on any atom is -0.461 e. The third-order valence-electron chi connectivity index (χ3n) is 4.35. The maximum atomic E-state index is 13.7. The van der Waals surface area contributed by atoms with E-state index in [9.17, 15) is 14.0 Å². The number of aromatic amines is 1. The Balaban J connectivity index is 1.91. The van der Waals surface area contributed by atoms with Gasteiger partial charge in [0.1, 0.15) is 11.3 Å². The molecule has 3 aromatic rings. The molecule has 4 rings (SSSR count). The van der Waals surface area contributed by atoms with Crippen LogP contribution in [-0.4, -0.2) is 27.2 Å². The van der Waals surface area contributed by atoms with Gasteiger partial charge in [0.2, 0.25) is 0 Å². The van der Waals surface area contributed by atoms with E-state index in [1.807, 2.05) is 0 Å². The molecule has 0 saturated heterocycles. The molecule has 0 radical (unpaired) electrons. The third-order valence-corrected chi connectivity index (χ3v) is 4.65. The van der Waals surface area contributed by atoms with Crippen LogP contribution in [-0.2, 0) is 4.74 Å². The van der Waals surface area contributed by atoms with E-state index >= 15 is 0 Å². The quantitative estimate of drug-likeness (QED) is 0.708. The Labute approximate surface area is 152 Å². The summed E-state index contributed by atoms with van der Waals surface area (Å²) in [6.07, 6.45) is 3.36. The molecule has 1 aromatic carbocycles. The second-order valence-corrected chi connectivity index (χ2v) is 6.58. The summed E-state index contributed by atoms with van der Waals surface area (Å²) in [6.45, 7) is 1.94. The van der Waals surface area contributed by atoms with Crippen LogP contribution in [0, 0.1) is 5.82 Å². The minimum absolute atomic E-state index is 0.00289. The lowest BCUT2D eigenvalue weighted by atomic mass is 10.1. The van der Waals surface area contributed by atoms with Crippen molar-refractivity contribution < 1.29 is 13.9 Å². The number of hydrogen-bond acceptors (Lipinski definition) is 4. The molecule has 6 nitrogen and oxygen atoms in total. The lowest BCUT2D eigenvalue weighted by molar-refractivity contribution is 0.0517. The van der Waals surface area contributed by atoms with Gasteiger partial charge >= 0.3 is 5.97 Å². The maximum Gasteiger partial charge on any atom is 0.359 e. The second kappa shape index (κ2) is 6.25. The standard InChI is InChI=1S/C18H15ClFN3O3/c1-2-26-18(25)15-14(9-3-4-9)16-17(24)21-13(8-23(16)22-15)10-5-6-11(19)12(20)7-10/h5-9H,2-4H2,1H3,(H,21,24). The van der Waals surface area contributed by atoms with Crippen LogP contribution >= 0.6 is 11.6 Å². The van der Waals surface area contributed by atoms with Crippen LogP contribution in [0.3, 0.4) is 0 Å². The van der Waals surface area contributed by atoms with Gasteiger partial charge in [-0.05, 0) is 37.8 Å². The molecule has 26 heavy (non-hydrogen) atoms. The van der Waals surface area contributed by atoms with Crippen LogP contribution in [0.1, 0.15) is 41.7 Å². The van der Waals surface area contributed by atoms with Crippen LogP contribution in [0.5, 0.6) is 0 Å². The highest BCUT2D eigenvalue weighted by Crippen LogP contribution is 2.43. The summed E-state index contributed by atoms with van der Waals surface area (Å²) in [5, 5.41) is 4.28. The molecule has 0 atom stereocenters. The van der Waals surface area contributed by atoms with Gasteiger partial charge in [-0.3, -0.25) is 4.79 Å². The largest absolute Gasteiger partial charge is 0.461 e. The van der Waals surface area contributed by atoms with Crippen molar-refractivity contribution in [3.05, 3.63) is 56.8 Å². The summed E-state index contributed by atoms with van der Waals surface area (Å²) in [6, 6.07) is 4.24. The lowest BCUT2D eigenvalue weighted by Gasteiger charge is -2.04. The molecular weight excluding hydrogens is 361 g/mol. The lowest BCUT2D eigenvalue weighted by Crippen LogP contribution is -2.12. The third kappa shape index (κ3) is 2.78. The van der Waals surface area contributed by atoms with Gasteiger partial charge in [-0.25, -0.2) is 13.7 Å². The molecular formula is C18H15ClFN3O3. The van der Waals surface area contributed by atoms with Gasteiger partial charge in [0, 0.05) is 11.1 Å². The van der Waals surface area contributed by atoms with Gasteiger partial charge in [0.25, 0.3) is 5.56 Å². The normalized spacial score (nSPS) is 14.0. The molecule has 1 N–H and O–H groups in total. The first-order valence-electron chi connectivity index (χ1n) is 8.27. The van der Waals surface area contributed by atoms with Crippen molar-refractivity contribution in [3.8, 4) is 11.3 Å². The van der Waals surface area contributed by atoms with Gasteiger partial charge in [-0.15, -0.1) is 0 Å². The molecule has 1 saturated carbocycles. The smallest absolute Gasteiger partial charge is 0.359 e. The highest BCUT2D eigenvalue weighted by Gasteiger charge is 2.34. The van der Waals surface area contributed by atoms with Gasteiger partial charge in [0.05, 0.1) is 23.5 Å². The van der Waals surface area contributed by atoms with E-state index in [1.54, 1.807) is 19.2 Å². The number of nitrogens with zero attached hydrogens (tertiary/aromatic N) is 2. The zero-order valence-corrected chi connectivity index (χ0v) is 14.6. The first-order chi connectivity index (χ1) is 12.5. The summed E-state index contributed by atoms with van der Waals surface area (Å²) in [4.78, 5) is 27.7. The number of carbonyl (C=O) groups excluding carboxylic acids is 1. The number of hydrogen-bond donors (Lipinski definition) is 1. The number of rotatable bonds is 4. The van der Waals surface area contributed by atoms with E-state index in [4.69, 9.17) is 16.3 Å². The minimum atomic E-state index is -0.587. The van der Waals surface area contributed by atoms with Crippen molar-refractivity contribution in [2.75, 3.05) is 6.61 Å². The Morgan fingerprint density at radius 3 is 2.88 bits per heavy atom. The predicted molar refractivity (Wildman–Crippen MR) is 94.1 cm³/mol. The van der Waals surface area contributed by atoms with E-state index in [1.165, 1.54) is 16.6 Å². The fraction of sp³-hybridized carbons (Fsp3) is 0.278. The molecule has 0 unspecified atom stereocenters. The Morgan fingerprint density at radius 1 is 1.46 bits per heavy atom. The maximum absolute atomic E-state index is 13.7. The number of H-pyrrole nitrogens is 1. The average Bonchev–Trinajstić information content (AvgIpc) is 3.37. The Bertz CT molecular complexity index is 1090. The molecule has 2 aromatic heterocycles. The van der Waals surface area contributed by atoms with Crippen LogP contribution in [0.15, 0.2) is 29.2 Å². The molecule has 134 valence electrons. The molecule has 0 bridgehead atoms. The van der Waals surface area contributed by atoms with Crippen molar-refractivity contribution in [1.29, 1.82) is 0 Å². The zero-order valence-electron chi connectivity index (χ0n) is 13.9. The highest BCUT2D eigenvalue weighted by molar-refractivity contribution is 6.30. The van der Waals surface area contributed by atoms with Crippen LogP contribution in [0.4, 0.5) is 4.39 Å². The van der Waals surface area contributed by atoms with Gasteiger partial charge in [-0.1, -0.05) is 17.7 Å². The predicted octanol–water partition coefficient (Wildman–Crippen LogP) is 3.54. The molecule has 1 aliphatic rings. The van der Waals surface area contributed by atoms with E-state index in [-0.39, 0.29) is 28.8 Å². The Morgan fingerprint density at radius 2 is 2.23 bits per heavy atom. The summed E-state index contributed by atoms with van der Waals surface area (Å²) < 4.78 is 20.2. The first kappa shape index (κ1) is 16.8. The summed E-state index contributed by atoms with van der Waals surface area (Å²) in [5.41, 5.74) is 1.56. The SMILES string of the molecule is CCOC(=O)c1nn2cc(-c3ccc(Cl)c(F)c3)[nH]c(=O)c2c1C1CC1. The molecule has 2 heterocycles. The number of ether oxygens (including phenoxy) is 1. The number of nitrogens with one attached hydrogen (secondary N) is 1. The zero-order chi connectivity index (χ0) is 18.4. The van der Waals surface area contributed by atoms with Crippen LogP contribution < -0.4 is 5.56 Å². The van der Waals surface area contributed by atoms with Crippen molar-refractivity contribution >= 4 is 23.1 Å². The first-order valence-corrected chi connectivity index (χ1v) is 8.65. The van der Waals surface area contributed by atoms with Crippen LogP contribution in [0.2, 0.25) is 5.02 Å². The number of carbonyl (C=O) groups is 1. The average molecular weight is 376 g/mol. The monoisotopic (exact) mass is 375 g/mol. The van der Waals surface area contributed by atoms with Crippen molar-refractivity contribution in [1.82, 2.24) is 14.6 Å². The fourth-order valence-corrected chi connectivity index (χ4v) is 3.14. The van der Waals surface area contributed by atoms with Crippen molar-refractivity contribution in [2.24, 2.45) is 0 Å². The van der Waals surface area contributed by atoms with Crippen molar-refractivity contribution in [2.45, 2.75) is 25.7 Å². The summed E-state index contributed by atoms with van der Waals surface area (Å²) in [5.74, 6) is -1.00. The molecule has 8 heteroatoms. The number of fused-ring (bicyclic) bond motifs is 1.